The predicted molar refractivity (Wildman–Crippen MR) is 72.4 cm³/mol. The molecule has 6 heteroatoms. The lowest BCUT2D eigenvalue weighted by molar-refractivity contribution is -0.138. The van der Waals surface area contributed by atoms with Crippen LogP contribution >= 0.6 is 0 Å². The minimum absolute atomic E-state index is 0.130. The number of hydrogen-bond acceptors (Lipinski definition) is 3. The smallest absolute Gasteiger partial charge is 0.383 e. The molecule has 0 heterocycles. The molecule has 0 aromatic heterocycles. The fraction of sp³-hybridized carbons (Fsp3) is 0.571. The van der Waals surface area contributed by atoms with Crippen molar-refractivity contribution in [1.29, 1.82) is 0 Å². The molecule has 1 unspecified atom stereocenters. The second-order valence-corrected chi connectivity index (χ2v) is 4.46. The van der Waals surface area contributed by atoms with E-state index in [9.17, 15) is 13.2 Å². The average Bonchev–Trinajstić information content (AvgIpc) is 2.42. The molecule has 0 aliphatic rings. The van der Waals surface area contributed by atoms with E-state index in [-0.39, 0.29) is 12.1 Å². The van der Waals surface area contributed by atoms with Gasteiger partial charge in [-0.05, 0) is 18.2 Å². The third-order valence-corrected chi connectivity index (χ3v) is 3.28. The van der Waals surface area contributed by atoms with Gasteiger partial charge in [-0.3, -0.25) is 4.90 Å². The molecule has 3 nitrogen and oxygen atoms in total. The van der Waals surface area contributed by atoms with Crippen molar-refractivity contribution in [1.82, 2.24) is 4.90 Å². The van der Waals surface area contributed by atoms with E-state index in [0.717, 1.165) is 6.07 Å². The largest absolute Gasteiger partial charge is 0.416 e. The number of nitrogens with zero attached hydrogens (tertiary/aromatic N) is 1. The molecule has 1 aromatic carbocycles. The molecule has 0 aliphatic carbocycles. The minimum Gasteiger partial charge on any atom is -0.383 e. The maximum Gasteiger partial charge on any atom is 0.416 e. The summed E-state index contributed by atoms with van der Waals surface area (Å²) < 4.78 is 44.2. The van der Waals surface area contributed by atoms with Crippen LogP contribution in [0.15, 0.2) is 24.3 Å². The van der Waals surface area contributed by atoms with Crippen LogP contribution < -0.4 is 5.73 Å². The summed E-state index contributed by atoms with van der Waals surface area (Å²) in [5.41, 5.74) is 5.32. The Labute approximate surface area is 117 Å². The van der Waals surface area contributed by atoms with Crippen LogP contribution in [0.1, 0.15) is 24.1 Å². The van der Waals surface area contributed by atoms with Crippen LogP contribution in [0.3, 0.4) is 0 Å². The van der Waals surface area contributed by atoms with Gasteiger partial charge in [0.25, 0.3) is 0 Å². The normalized spacial score (nSPS) is 13.8. The fourth-order valence-corrected chi connectivity index (χ4v) is 2.26. The third kappa shape index (κ3) is 4.19. The van der Waals surface area contributed by atoms with E-state index < -0.39 is 17.8 Å². The molecular formula is C14H21F3N2O. The lowest BCUT2D eigenvalue weighted by Crippen LogP contribution is -2.37. The number of alkyl halides is 3. The Morgan fingerprint density at radius 2 is 1.95 bits per heavy atom. The van der Waals surface area contributed by atoms with Crippen LogP contribution in [0.2, 0.25) is 0 Å². The first-order valence-corrected chi connectivity index (χ1v) is 6.54. The van der Waals surface area contributed by atoms with Crippen molar-refractivity contribution in [3.05, 3.63) is 35.4 Å². The molecule has 1 atom stereocenters. The van der Waals surface area contributed by atoms with Gasteiger partial charge in [-0.1, -0.05) is 25.1 Å². The van der Waals surface area contributed by atoms with E-state index in [1.807, 2.05) is 11.8 Å². The summed E-state index contributed by atoms with van der Waals surface area (Å²) in [7, 11) is 1.56. The second kappa shape index (κ2) is 7.61. The first-order valence-electron chi connectivity index (χ1n) is 6.54. The quantitative estimate of drug-likeness (QED) is 0.839. The van der Waals surface area contributed by atoms with Crippen molar-refractivity contribution in [2.75, 3.05) is 33.4 Å². The lowest BCUT2D eigenvalue weighted by Gasteiger charge is -2.31. The highest BCUT2D eigenvalue weighted by Gasteiger charge is 2.35. The molecule has 0 amide bonds. The zero-order valence-corrected chi connectivity index (χ0v) is 11.8. The van der Waals surface area contributed by atoms with Crippen LogP contribution in [-0.4, -0.2) is 38.3 Å². The van der Waals surface area contributed by atoms with Gasteiger partial charge >= 0.3 is 6.18 Å². The van der Waals surface area contributed by atoms with Crippen LogP contribution in [-0.2, 0) is 10.9 Å². The number of rotatable bonds is 7. The third-order valence-electron chi connectivity index (χ3n) is 3.28. The van der Waals surface area contributed by atoms with Gasteiger partial charge in [0, 0.05) is 26.2 Å². The Morgan fingerprint density at radius 1 is 1.30 bits per heavy atom. The monoisotopic (exact) mass is 290 g/mol. The summed E-state index contributed by atoms with van der Waals surface area (Å²) >= 11 is 0. The standard InChI is InChI=1S/C14H21F3N2O/c1-3-19(8-9-20-2)13(10-18)11-6-4-5-7-12(11)14(15,16)17/h4-7,13H,3,8-10,18H2,1-2H3. The molecule has 20 heavy (non-hydrogen) atoms. The van der Waals surface area contributed by atoms with E-state index in [0.29, 0.717) is 19.7 Å². The first-order chi connectivity index (χ1) is 9.45. The summed E-state index contributed by atoms with van der Waals surface area (Å²) in [6.07, 6.45) is -4.37. The zero-order valence-electron chi connectivity index (χ0n) is 11.8. The Kier molecular flexibility index (Phi) is 6.45. The molecule has 1 rings (SSSR count). The maximum absolute atomic E-state index is 13.1. The van der Waals surface area contributed by atoms with Gasteiger partial charge < -0.3 is 10.5 Å². The van der Waals surface area contributed by atoms with E-state index in [2.05, 4.69) is 0 Å². The maximum atomic E-state index is 13.1. The highest BCUT2D eigenvalue weighted by molar-refractivity contribution is 5.32. The summed E-state index contributed by atoms with van der Waals surface area (Å²) in [4.78, 5) is 1.90. The highest BCUT2D eigenvalue weighted by atomic mass is 19.4. The van der Waals surface area contributed by atoms with E-state index in [1.54, 1.807) is 13.2 Å². The molecular weight excluding hydrogens is 269 g/mol. The summed E-state index contributed by atoms with van der Waals surface area (Å²) in [6, 6.07) is 5.13. The number of ether oxygens (including phenoxy) is 1. The van der Waals surface area contributed by atoms with Crippen molar-refractivity contribution < 1.29 is 17.9 Å². The molecule has 0 bridgehead atoms. The molecule has 0 fully saturated rings. The number of methoxy groups -OCH3 is 1. The lowest BCUT2D eigenvalue weighted by atomic mass is 9.98. The van der Waals surface area contributed by atoms with Crippen molar-refractivity contribution in [2.24, 2.45) is 5.73 Å². The number of nitrogens with two attached hydrogens (primary N) is 1. The van der Waals surface area contributed by atoms with Gasteiger partial charge in [-0.25, -0.2) is 0 Å². The Hall–Kier alpha value is -1.11. The zero-order chi connectivity index (χ0) is 15.2. The Balaban J connectivity index is 3.11. The van der Waals surface area contributed by atoms with Crippen molar-refractivity contribution in [3.63, 3.8) is 0 Å². The summed E-state index contributed by atoms with van der Waals surface area (Å²) in [5, 5.41) is 0. The van der Waals surface area contributed by atoms with Crippen LogP contribution in [0.5, 0.6) is 0 Å². The fourth-order valence-electron chi connectivity index (χ4n) is 2.26. The molecule has 2 N–H and O–H groups in total. The van der Waals surface area contributed by atoms with Gasteiger partial charge in [0.1, 0.15) is 0 Å². The van der Waals surface area contributed by atoms with E-state index in [1.165, 1.54) is 12.1 Å². The summed E-state index contributed by atoms with van der Waals surface area (Å²) in [6.45, 7) is 3.64. The second-order valence-electron chi connectivity index (χ2n) is 4.46. The van der Waals surface area contributed by atoms with Crippen molar-refractivity contribution in [3.8, 4) is 0 Å². The average molecular weight is 290 g/mol. The highest BCUT2D eigenvalue weighted by Crippen LogP contribution is 2.35. The number of hydrogen-bond donors (Lipinski definition) is 1. The Bertz CT molecular complexity index is 410. The molecule has 0 radical (unpaired) electrons. The number of likely N-dealkylation sites (N-methyl/N-ethyl adjacent to an activating group) is 1. The van der Waals surface area contributed by atoms with Crippen LogP contribution in [0, 0.1) is 0 Å². The Morgan fingerprint density at radius 3 is 2.45 bits per heavy atom. The SMILES string of the molecule is CCN(CCOC)C(CN)c1ccccc1C(F)(F)F. The van der Waals surface area contributed by atoms with Gasteiger partial charge in [-0.15, -0.1) is 0 Å². The molecule has 0 aliphatic heterocycles. The van der Waals surface area contributed by atoms with Gasteiger partial charge in [-0.2, -0.15) is 13.2 Å². The van der Waals surface area contributed by atoms with Crippen molar-refractivity contribution >= 4 is 0 Å². The van der Waals surface area contributed by atoms with Crippen LogP contribution in [0.4, 0.5) is 13.2 Å². The topological polar surface area (TPSA) is 38.5 Å². The van der Waals surface area contributed by atoms with Crippen molar-refractivity contribution in [2.45, 2.75) is 19.1 Å². The van der Waals surface area contributed by atoms with Gasteiger partial charge in [0.15, 0.2) is 0 Å². The van der Waals surface area contributed by atoms with Crippen LogP contribution in [0.25, 0.3) is 0 Å². The molecule has 0 saturated heterocycles. The van der Waals surface area contributed by atoms with Gasteiger partial charge in [0.05, 0.1) is 12.2 Å². The van der Waals surface area contributed by atoms with E-state index >= 15 is 0 Å². The number of benzene rings is 1. The van der Waals surface area contributed by atoms with E-state index in [4.69, 9.17) is 10.5 Å². The first kappa shape index (κ1) is 16.9. The van der Waals surface area contributed by atoms with Gasteiger partial charge in [0.2, 0.25) is 0 Å². The molecule has 0 spiro atoms. The molecule has 0 saturated carbocycles. The molecule has 114 valence electrons. The predicted octanol–water partition coefficient (Wildman–Crippen LogP) is 2.67. The summed E-state index contributed by atoms with van der Waals surface area (Å²) in [5.74, 6) is 0. The minimum atomic E-state index is -4.37. The molecule has 1 aromatic rings. The number of halogens is 3.